The Morgan fingerprint density at radius 3 is 2.86 bits per heavy atom. The minimum absolute atomic E-state index is 0.460. The number of aromatic nitrogens is 1. The Bertz CT molecular complexity index is 490. The van der Waals surface area contributed by atoms with Gasteiger partial charge in [-0.05, 0) is 18.2 Å². The van der Waals surface area contributed by atoms with Crippen molar-refractivity contribution in [3.05, 3.63) is 33.4 Å². The Kier molecular flexibility index (Phi) is 2.56. The molecule has 0 saturated heterocycles. The van der Waals surface area contributed by atoms with Crippen LogP contribution in [0.3, 0.4) is 0 Å². The third-order valence-electron chi connectivity index (χ3n) is 2.41. The van der Waals surface area contributed by atoms with Gasteiger partial charge in [0.1, 0.15) is 0 Å². The maximum atomic E-state index is 6.21. The van der Waals surface area contributed by atoms with Gasteiger partial charge in [-0.15, -0.1) is 0 Å². The van der Waals surface area contributed by atoms with Crippen molar-refractivity contribution in [2.75, 3.05) is 0 Å². The van der Waals surface area contributed by atoms with E-state index in [1.807, 2.05) is 29.8 Å². The van der Waals surface area contributed by atoms with Crippen LogP contribution in [0.15, 0.2) is 22.7 Å². The van der Waals surface area contributed by atoms with Crippen LogP contribution in [0.4, 0.5) is 0 Å². The molecule has 0 saturated carbocycles. The van der Waals surface area contributed by atoms with Crippen LogP contribution in [0.1, 0.15) is 5.69 Å². The van der Waals surface area contributed by atoms with Gasteiger partial charge in [0.05, 0.1) is 10.7 Å². The number of fused-ring (bicyclic) bond motifs is 1. The van der Waals surface area contributed by atoms with Crippen molar-refractivity contribution < 1.29 is 0 Å². The molecule has 1 heterocycles. The van der Waals surface area contributed by atoms with Gasteiger partial charge in [-0.3, -0.25) is 0 Å². The molecular formula is C10H10BrClN2. The van der Waals surface area contributed by atoms with Gasteiger partial charge in [-0.25, -0.2) is 0 Å². The van der Waals surface area contributed by atoms with Crippen molar-refractivity contribution >= 4 is 38.4 Å². The molecular weight excluding hydrogens is 263 g/mol. The maximum absolute atomic E-state index is 6.21. The molecule has 2 N–H and O–H groups in total. The summed E-state index contributed by atoms with van der Waals surface area (Å²) in [6.45, 7) is 0.460. The Hall–Kier alpha value is -0.510. The zero-order valence-electron chi connectivity index (χ0n) is 7.72. The molecule has 0 aliphatic carbocycles. The Morgan fingerprint density at radius 1 is 1.50 bits per heavy atom. The first-order chi connectivity index (χ1) is 6.65. The van der Waals surface area contributed by atoms with Gasteiger partial charge in [0.25, 0.3) is 0 Å². The number of hydrogen-bond acceptors (Lipinski definition) is 1. The van der Waals surface area contributed by atoms with Gasteiger partial charge < -0.3 is 10.3 Å². The van der Waals surface area contributed by atoms with Gasteiger partial charge in [-0.1, -0.05) is 27.5 Å². The van der Waals surface area contributed by atoms with Crippen LogP contribution in [0.25, 0.3) is 10.9 Å². The number of aryl methyl sites for hydroxylation is 1. The van der Waals surface area contributed by atoms with Crippen molar-refractivity contribution in [3.8, 4) is 0 Å². The molecule has 0 aliphatic heterocycles. The topological polar surface area (TPSA) is 30.9 Å². The summed E-state index contributed by atoms with van der Waals surface area (Å²) in [6, 6.07) is 6.04. The third-order valence-corrected chi connectivity index (χ3v) is 3.32. The first kappa shape index (κ1) is 10.0. The summed E-state index contributed by atoms with van der Waals surface area (Å²) in [5.41, 5.74) is 7.72. The second-order valence-corrected chi connectivity index (χ2v) is 4.48. The van der Waals surface area contributed by atoms with Crippen molar-refractivity contribution in [2.45, 2.75) is 6.54 Å². The highest BCUT2D eigenvalue weighted by Crippen LogP contribution is 2.31. The van der Waals surface area contributed by atoms with Gasteiger partial charge in [0.2, 0.25) is 0 Å². The van der Waals surface area contributed by atoms with E-state index in [0.29, 0.717) is 6.54 Å². The molecule has 0 aliphatic rings. The fourth-order valence-corrected chi connectivity index (χ4v) is 2.37. The summed E-state index contributed by atoms with van der Waals surface area (Å²) >= 11 is 9.64. The first-order valence-electron chi connectivity index (χ1n) is 4.27. The number of halogens is 2. The second-order valence-electron chi connectivity index (χ2n) is 3.19. The molecule has 2 aromatic rings. The zero-order valence-corrected chi connectivity index (χ0v) is 10.1. The van der Waals surface area contributed by atoms with Crippen molar-refractivity contribution in [1.82, 2.24) is 4.57 Å². The molecule has 4 heteroatoms. The highest BCUT2D eigenvalue weighted by atomic mass is 79.9. The van der Waals surface area contributed by atoms with Crippen LogP contribution in [-0.2, 0) is 13.6 Å². The van der Waals surface area contributed by atoms with E-state index in [-0.39, 0.29) is 0 Å². The quantitative estimate of drug-likeness (QED) is 0.850. The Morgan fingerprint density at radius 2 is 2.21 bits per heavy atom. The van der Waals surface area contributed by atoms with Crippen LogP contribution in [0.5, 0.6) is 0 Å². The van der Waals surface area contributed by atoms with E-state index in [1.54, 1.807) is 0 Å². The van der Waals surface area contributed by atoms with Crippen molar-refractivity contribution in [3.63, 3.8) is 0 Å². The maximum Gasteiger partial charge on any atom is 0.0707 e. The molecule has 0 spiro atoms. The Labute approximate surface area is 95.8 Å². The normalized spacial score (nSPS) is 11.1. The van der Waals surface area contributed by atoms with E-state index in [2.05, 4.69) is 15.9 Å². The summed E-state index contributed by atoms with van der Waals surface area (Å²) in [4.78, 5) is 0. The average molecular weight is 274 g/mol. The minimum Gasteiger partial charge on any atom is -0.345 e. The number of hydrogen-bond donors (Lipinski definition) is 1. The van der Waals surface area contributed by atoms with E-state index in [0.717, 1.165) is 26.1 Å². The van der Waals surface area contributed by atoms with E-state index < -0.39 is 0 Å². The molecule has 14 heavy (non-hydrogen) atoms. The second kappa shape index (κ2) is 3.57. The predicted molar refractivity (Wildman–Crippen MR) is 63.5 cm³/mol. The summed E-state index contributed by atoms with van der Waals surface area (Å²) in [5, 5.41) is 1.80. The van der Waals surface area contributed by atoms with Crippen molar-refractivity contribution in [2.24, 2.45) is 12.8 Å². The molecule has 74 valence electrons. The molecule has 0 radical (unpaired) electrons. The van der Waals surface area contributed by atoms with E-state index in [9.17, 15) is 0 Å². The SMILES string of the molecule is Cn1c(CN)c(Cl)c2cc(Br)ccc21. The Balaban J connectivity index is 2.87. The number of rotatable bonds is 1. The van der Waals surface area contributed by atoms with Crippen LogP contribution >= 0.6 is 27.5 Å². The zero-order chi connectivity index (χ0) is 10.3. The lowest BCUT2D eigenvalue weighted by atomic mass is 10.2. The third kappa shape index (κ3) is 1.36. The molecule has 2 nitrogen and oxygen atoms in total. The number of nitrogens with two attached hydrogens (primary N) is 1. The van der Waals surface area contributed by atoms with Gasteiger partial charge in [-0.2, -0.15) is 0 Å². The van der Waals surface area contributed by atoms with Gasteiger partial charge >= 0.3 is 0 Å². The van der Waals surface area contributed by atoms with Crippen LogP contribution < -0.4 is 5.73 Å². The van der Waals surface area contributed by atoms with E-state index >= 15 is 0 Å². The van der Waals surface area contributed by atoms with Gasteiger partial charge in [0, 0.05) is 29.0 Å². The summed E-state index contributed by atoms with van der Waals surface area (Å²) in [6.07, 6.45) is 0. The van der Waals surface area contributed by atoms with Crippen LogP contribution in [-0.4, -0.2) is 4.57 Å². The lowest BCUT2D eigenvalue weighted by Gasteiger charge is -2.00. The van der Waals surface area contributed by atoms with Crippen LogP contribution in [0.2, 0.25) is 5.02 Å². The van der Waals surface area contributed by atoms with E-state index in [4.69, 9.17) is 17.3 Å². The highest BCUT2D eigenvalue weighted by Gasteiger charge is 2.11. The molecule has 0 atom stereocenters. The monoisotopic (exact) mass is 272 g/mol. The molecule has 1 aromatic heterocycles. The van der Waals surface area contributed by atoms with Gasteiger partial charge in [0.15, 0.2) is 0 Å². The summed E-state index contributed by atoms with van der Waals surface area (Å²) < 4.78 is 3.06. The number of benzene rings is 1. The molecule has 1 aromatic carbocycles. The fraction of sp³-hybridized carbons (Fsp3) is 0.200. The summed E-state index contributed by atoms with van der Waals surface area (Å²) in [5.74, 6) is 0. The van der Waals surface area contributed by atoms with E-state index in [1.165, 1.54) is 0 Å². The fourth-order valence-electron chi connectivity index (χ4n) is 1.65. The standard InChI is InChI=1S/C10H10BrClN2/c1-14-8-3-2-6(11)4-7(8)10(12)9(14)5-13/h2-4H,5,13H2,1H3. The molecule has 0 fully saturated rings. The lowest BCUT2D eigenvalue weighted by molar-refractivity contribution is 0.849. The molecule has 2 rings (SSSR count). The largest absolute Gasteiger partial charge is 0.345 e. The predicted octanol–water partition coefficient (Wildman–Crippen LogP) is 3.05. The molecule has 0 unspecified atom stereocenters. The molecule has 0 bridgehead atoms. The minimum atomic E-state index is 0.460. The first-order valence-corrected chi connectivity index (χ1v) is 5.44. The number of nitrogens with zero attached hydrogens (tertiary/aromatic N) is 1. The smallest absolute Gasteiger partial charge is 0.0707 e. The average Bonchev–Trinajstić information content (AvgIpc) is 2.39. The molecule has 0 amide bonds. The van der Waals surface area contributed by atoms with Crippen LogP contribution in [0, 0.1) is 0 Å². The summed E-state index contributed by atoms with van der Waals surface area (Å²) in [7, 11) is 1.98. The highest BCUT2D eigenvalue weighted by molar-refractivity contribution is 9.10. The lowest BCUT2D eigenvalue weighted by Crippen LogP contribution is -2.03. The van der Waals surface area contributed by atoms with Crippen molar-refractivity contribution in [1.29, 1.82) is 0 Å².